The van der Waals surface area contributed by atoms with Crippen molar-refractivity contribution in [1.82, 2.24) is 15.1 Å². The van der Waals surface area contributed by atoms with Crippen LogP contribution < -0.4 is 5.32 Å². The van der Waals surface area contributed by atoms with Gasteiger partial charge in [0.05, 0.1) is 17.3 Å². The fourth-order valence-corrected chi connectivity index (χ4v) is 2.93. The maximum Gasteiger partial charge on any atom is 0.306 e. The molecule has 1 heterocycles. The first kappa shape index (κ1) is 15.3. The van der Waals surface area contributed by atoms with Gasteiger partial charge in [-0.1, -0.05) is 0 Å². The van der Waals surface area contributed by atoms with Crippen molar-refractivity contribution >= 4 is 11.9 Å². The molecular weight excluding hydrogens is 294 g/mol. The number of hydrogen-bond donors (Lipinski definition) is 2. The Labute approximate surface area is 134 Å². The van der Waals surface area contributed by atoms with Gasteiger partial charge < -0.3 is 10.4 Å². The van der Waals surface area contributed by atoms with Gasteiger partial charge in [0.15, 0.2) is 0 Å². The van der Waals surface area contributed by atoms with Crippen LogP contribution in [0.3, 0.4) is 0 Å². The monoisotopic (exact) mass is 313 g/mol. The van der Waals surface area contributed by atoms with E-state index < -0.39 is 5.97 Å². The molecule has 2 N–H and O–H groups in total. The third kappa shape index (κ3) is 3.41. The van der Waals surface area contributed by atoms with Crippen LogP contribution in [-0.2, 0) is 4.79 Å². The molecule has 6 nitrogen and oxygen atoms in total. The standard InChI is InChI=1S/C17H19N3O3/c1-11-8-9-20(19-11)15-6-3-12(4-7-15)16(21)18-14-5-2-13(10-14)17(22)23/h3-4,6-9,13-14H,2,5,10H2,1H3,(H,18,21)(H,22,23)/t13-,14+/m0/s1. The molecule has 1 amide bonds. The van der Waals surface area contributed by atoms with Gasteiger partial charge in [0, 0.05) is 17.8 Å². The van der Waals surface area contributed by atoms with Crippen LogP contribution >= 0.6 is 0 Å². The SMILES string of the molecule is Cc1ccn(-c2ccc(C(=O)N[C@@H]3CC[C@H](C(=O)O)C3)cc2)n1. The number of aromatic nitrogens is 2. The van der Waals surface area contributed by atoms with E-state index in [4.69, 9.17) is 5.11 Å². The number of carbonyl (C=O) groups excluding carboxylic acids is 1. The van der Waals surface area contributed by atoms with Gasteiger partial charge in [-0.2, -0.15) is 5.10 Å². The molecule has 0 saturated heterocycles. The van der Waals surface area contributed by atoms with E-state index in [9.17, 15) is 9.59 Å². The van der Waals surface area contributed by atoms with E-state index in [1.165, 1.54) is 0 Å². The van der Waals surface area contributed by atoms with Crippen molar-refractivity contribution in [3.8, 4) is 5.69 Å². The molecule has 0 unspecified atom stereocenters. The summed E-state index contributed by atoms with van der Waals surface area (Å²) < 4.78 is 1.76. The van der Waals surface area contributed by atoms with Gasteiger partial charge in [0.1, 0.15) is 0 Å². The summed E-state index contributed by atoms with van der Waals surface area (Å²) in [6.07, 6.45) is 3.71. The van der Waals surface area contributed by atoms with Crippen molar-refractivity contribution in [2.24, 2.45) is 5.92 Å². The third-order valence-electron chi connectivity index (χ3n) is 4.23. The van der Waals surface area contributed by atoms with Crippen LogP contribution in [0.4, 0.5) is 0 Å². The Bertz CT molecular complexity index is 721. The molecular formula is C17H19N3O3. The normalized spacial score (nSPS) is 20.4. The summed E-state index contributed by atoms with van der Waals surface area (Å²) in [5.74, 6) is -1.28. The van der Waals surface area contributed by atoms with Crippen LogP contribution in [0.1, 0.15) is 35.3 Å². The number of nitrogens with one attached hydrogen (secondary N) is 1. The molecule has 23 heavy (non-hydrogen) atoms. The highest BCUT2D eigenvalue weighted by Gasteiger charge is 2.30. The van der Waals surface area contributed by atoms with Crippen LogP contribution in [0.25, 0.3) is 5.69 Å². The van der Waals surface area contributed by atoms with Crippen LogP contribution in [0.5, 0.6) is 0 Å². The lowest BCUT2D eigenvalue weighted by molar-refractivity contribution is -0.141. The Morgan fingerprint density at radius 2 is 1.96 bits per heavy atom. The lowest BCUT2D eigenvalue weighted by atomic mass is 10.1. The zero-order valence-electron chi connectivity index (χ0n) is 12.9. The van der Waals surface area contributed by atoms with E-state index in [2.05, 4.69) is 10.4 Å². The molecule has 3 rings (SSSR count). The molecule has 1 fully saturated rings. The van der Waals surface area contributed by atoms with Gasteiger partial charge in [0.2, 0.25) is 0 Å². The molecule has 1 aromatic carbocycles. The van der Waals surface area contributed by atoms with E-state index in [0.29, 0.717) is 24.8 Å². The van der Waals surface area contributed by atoms with Gasteiger partial charge in [-0.25, -0.2) is 4.68 Å². The number of hydrogen-bond acceptors (Lipinski definition) is 3. The largest absolute Gasteiger partial charge is 0.481 e. The summed E-state index contributed by atoms with van der Waals surface area (Å²) in [6, 6.07) is 9.06. The molecule has 1 aliphatic rings. The number of amides is 1. The predicted molar refractivity (Wildman–Crippen MR) is 84.5 cm³/mol. The molecule has 1 aromatic heterocycles. The van der Waals surface area contributed by atoms with Crippen molar-refractivity contribution in [3.05, 3.63) is 47.8 Å². The van der Waals surface area contributed by atoms with Gasteiger partial charge in [-0.05, 0) is 56.5 Å². The Hall–Kier alpha value is -2.63. The Morgan fingerprint density at radius 1 is 1.22 bits per heavy atom. The second-order valence-electron chi connectivity index (χ2n) is 5.97. The number of carboxylic acid groups (broad SMARTS) is 1. The van der Waals surface area contributed by atoms with Crippen molar-refractivity contribution in [3.63, 3.8) is 0 Å². The van der Waals surface area contributed by atoms with Gasteiger partial charge >= 0.3 is 5.97 Å². The van der Waals surface area contributed by atoms with Crippen LogP contribution in [0.15, 0.2) is 36.5 Å². The van der Waals surface area contributed by atoms with Crippen molar-refractivity contribution in [1.29, 1.82) is 0 Å². The molecule has 0 aliphatic heterocycles. The first-order chi connectivity index (χ1) is 11.0. The number of rotatable bonds is 4. The second-order valence-corrected chi connectivity index (χ2v) is 5.97. The quantitative estimate of drug-likeness (QED) is 0.906. The summed E-state index contributed by atoms with van der Waals surface area (Å²) in [5, 5.41) is 16.2. The third-order valence-corrected chi connectivity index (χ3v) is 4.23. The smallest absolute Gasteiger partial charge is 0.306 e. The van der Waals surface area contributed by atoms with E-state index in [1.54, 1.807) is 16.8 Å². The summed E-state index contributed by atoms with van der Waals surface area (Å²) in [6.45, 7) is 1.92. The Balaban J connectivity index is 1.63. The average Bonchev–Trinajstić information content (AvgIpc) is 3.16. The minimum Gasteiger partial charge on any atom is -0.481 e. The molecule has 1 saturated carbocycles. The number of carbonyl (C=O) groups is 2. The second kappa shape index (κ2) is 6.24. The maximum absolute atomic E-state index is 12.2. The number of aryl methyl sites for hydroxylation is 1. The molecule has 0 spiro atoms. The molecule has 1 aliphatic carbocycles. The summed E-state index contributed by atoms with van der Waals surface area (Å²) in [4.78, 5) is 23.2. The zero-order valence-corrected chi connectivity index (χ0v) is 12.9. The van der Waals surface area contributed by atoms with Crippen LogP contribution in [0.2, 0.25) is 0 Å². The fourth-order valence-electron chi connectivity index (χ4n) is 2.93. The fraction of sp³-hybridized carbons (Fsp3) is 0.353. The van der Waals surface area contributed by atoms with E-state index in [1.807, 2.05) is 31.3 Å². The van der Waals surface area contributed by atoms with Crippen molar-refractivity contribution in [2.45, 2.75) is 32.2 Å². The maximum atomic E-state index is 12.2. The minimum absolute atomic E-state index is 0.0583. The van der Waals surface area contributed by atoms with E-state index in [-0.39, 0.29) is 17.9 Å². The van der Waals surface area contributed by atoms with Gasteiger partial charge in [0.25, 0.3) is 5.91 Å². The molecule has 120 valence electrons. The predicted octanol–water partition coefficient (Wildman–Crippen LogP) is 2.16. The number of carboxylic acids is 1. The number of nitrogens with zero attached hydrogens (tertiary/aromatic N) is 2. The highest BCUT2D eigenvalue weighted by atomic mass is 16.4. The first-order valence-corrected chi connectivity index (χ1v) is 7.69. The van der Waals surface area contributed by atoms with Gasteiger partial charge in [-0.15, -0.1) is 0 Å². The molecule has 0 radical (unpaired) electrons. The summed E-state index contributed by atoms with van der Waals surface area (Å²) in [7, 11) is 0. The van der Waals surface area contributed by atoms with Crippen LogP contribution in [0, 0.1) is 12.8 Å². The highest BCUT2D eigenvalue weighted by molar-refractivity contribution is 5.94. The lowest BCUT2D eigenvalue weighted by Crippen LogP contribution is -2.33. The van der Waals surface area contributed by atoms with Crippen LogP contribution in [-0.4, -0.2) is 32.8 Å². The highest BCUT2D eigenvalue weighted by Crippen LogP contribution is 2.25. The average molecular weight is 313 g/mol. The molecule has 6 heteroatoms. The van der Waals surface area contributed by atoms with Gasteiger partial charge in [-0.3, -0.25) is 9.59 Å². The number of benzene rings is 1. The Kier molecular flexibility index (Phi) is 4.14. The topological polar surface area (TPSA) is 84.2 Å². The molecule has 0 bridgehead atoms. The summed E-state index contributed by atoms with van der Waals surface area (Å²) in [5.41, 5.74) is 2.39. The van der Waals surface area contributed by atoms with E-state index >= 15 is 0 Å². The molecule has 2 aromatic rings. The lowest BCUT2D eigenvalue weighted by Gasteiger charge is -2.12. The number of aliphatic carboxylic acids is 1. The Morgan fingerprint density at radius 3 is 2.52 bits per heavy atom. The molecule has 2 atom stereocenters. The van der Waals surface area contributed by atoms with E-state index in [0.717, 1.165) is 11.4 Å². The van der Waals surface area contributed by atoms with Crippen molar-refractivity contribution in [2.75, 3.05) is 0 Å². The minimum atomic E-state index is -0.777. The zero-order chi connectivity index (χ0) is 16.4. The summed E-state index contributed by atoms with van der Waals surface area (Å²) >= 11 is 0. The first-order valence-electron chi connectivity index (χ1n) is 7.69. The van der Waals surface area contributed by atoms with Crippen molar-refractivity contribution < 1.29 is 14.7 Å².